The Labute approximate surface area is 176 Å². The molecule has 0 spiro atoms. The van der Waals surface area contributed by atoms with Gasteiger partial charge in [0.05, 0.1) is 19.1 Å². The standard InChI is InChI=1S/C23H26N2O5/c1-4-28-20-6-8-21(9-7-20)29-16-23(27)30-15-22(26)25(11-5-10-24)19-13-17(2)12-18(3)14-19/h6-9,12-14H,4-5,11,15-16H2,1-3H3. The van der Waals surface area contributed by atoms with Gasteiger partial charge in [0.2, 0.25) is 0 Å². The van der Waals surface area contributed by atoms with Gasteiger partial charge >= 0.3 is 5.97 Å². The number of carbonyl (C=O) groups excluding carboxylic acids is 2. The van der Waals surface area contributed by atoms with E-state index in [1.165, 1.54) is 4.90 Å². The molecule has 1 amide bonds. The highest BCUT2D eigenvalue weighted by Crippen LogP contribution is 2.20. The molecule has 7 heteroatoms. The van der Waals surface area contributed by atoms with Crippen molar-refractivity contribution >= 4 is 17.6 Å². The summed E-state index contributed by atoms with van der Waals surface area (Å²) in [6, 6.07) is 14.6. The minimum absolute atomic E-state index is 0.174. The van der Waals surface area contributed by atoms with E-state index in [-0.39, 0.29) is 19.6 Å². The molecule has 0 N–H and O–H groups in total. The normalized spacial score (nSPS) is 10.1. The summed E-state index contributed by atoms with van der Waals surface area (Å²) in [5, 5.41) is 8.90. The van der Waals surface area contributed by atoms with Crippen molar-refractivity contribution in [3.8, 4) is 17.6 Å². The number of ether oxygens (including phenoxy) is 3. The number of rotatable bonds is 10. The lowest BCUT2D eigenvalue weighted by molar-refractivity contribution is -0.149. The van der Waals surface area contributed by atoms with Gasteiger partial charge in [-0.2, -0.15) is 5.26 Å². The average molecular weight is 410 g/mol. The Kier molecular flexibility index (Phi) is 8.70. The van der Waals surface area contributed by atoms with E-state index in [2.05, 4.69) is 0 Å². The number of aryl methyl sites for hydroxylation is 2. The Bertz CT molecular complexity index is 883. The third-order valence-corrected chi connectivity index (χ3v) is 4.11. The number of benzene rings is 2. The van der Waals surface area contributed by atoms with Gasteiger partial charge in [-0.1, -0.05) is 6.07 Å². The van der Waals surface area contributed by atoms with Gasteiger partial charge in [0.25, 0.3) is 5.91 Å². The SMILES string of the molecule is CCOc1ccc(OCC(=O)OCC(=O)N(CCC#N)c2cc(C)cc(C)c2)cc1. The molecule has 0 saturated heterocycles. The summed E-state index contributed by atoms with van der Waals surface area (Å²) < 4.78 is 15.8. The summed E-state index contributed by atoms with van der Waals surface area (Å²) in [7, 11) is 0. The smallest absolute Gasteiger partial charge is 0.344 e. The molecular weight excluding hydrogens is 384 g/mol. The molecular formula is C23H26N2O5. The molecule has 0 saturated carbocycles. The van der Waals surface area contributed by atoms with Crippen molar-refractivity contribution in [3.63, 3.8) is 0 Å². The predicted molar refractivity (Wildman–Crippen MR) is 113 cm³/mol. The zero-order chi connectivity index (χ0) is 21.9. The van der Waals surface area contributed by atoms with Crippen LogP contribution in [0.5, 0.6) is 11.5 Å². The van der Waals surface area contributed by atoms with Gasteiger partial charge in [-0.25, -0.2) is 4.79 Å². The van der Waals surface area contributed by atoms with Crippen LogP contribution in [0.15, 0.2) is 42.5 Å². The van der Waals surface area contributed by atoms with Crippen LogP contribution in [-0.2, 0) is 14.3 Å². The topological polar surface area (TPSA) is 88.9 Å². The van der Waals surface area contributed by atoms with Crippen LogP contribution < -0.4 is 14.4 Å². The quantitative estimate of drug-likeness (QED) is 0.557. The number of hydrogen-bond acceptors (Lipinski definition) is 6. The van der Waals surface area contributed by atoms with Gasteiger partial charge in [0.1, 0.15) is 11.5 Å². The number of esters is 1. The summed E-state index contributed by atoms with van der Waals surface area (Å²) in [6.45, 7) is 5.80. The fourth-order valence-corrected chi connectivity index (χ4v) is 2.87. The molecule has 7 nitrogen and oxygen atoms in total. The number of nitrogens with zero attached hydrogens (tertiary/aromatic N) is 2. The molecule has 0 bridgehead atoms. The first-order chi connectivity index (χ1) is 14.4. The Hall–Kier alpha value is -3.53. The zero-order valence-electron chi connectivity index (χ0n) is 17.5. The van der Waals surface area contributed by atoms with Crippen LogP contribution in [0.3, 0.4) is 0 Å². The van der Waals surface area contributed by atoms with Gasteiger partial charge in [-0.15, -0.1) is 0 Å². The third-order valence-electron chi connectivity index (χ3n) is 4.11. The maximum Gasteiger partial charge on any atom is 0.344 e. The van der Waals surface area contributed by atoms with Crippen molar-refractivity contribution in [2.75, 3.05) is 31.3 Å². The maximum atomic E-state index is 12.6. The molecule has 0 aliphatic carbocycles. The van der Waals surface area contributed by atoms with Crippen LogP contribution >= 0.6 is 0 Å². The third kappa shape index (κ3) is 7.13. The lowest BCUT2D eigenvalue weighted by Crippen LogP contribution is -2.36. The summed E-state index contributed by atoms with van der Waals surface area (Å²) in [6.07, 6.45) is 0.174. The second kappa shape index (κ2) is 11.5. The highest BCUT2D eigenvalue weighted by Gasteiger charge is 2.18. The summed E-state index contributed by atoms with van der Waals surface area (Å²) >= 11 is 0. The first-order valence-electron chi connectivity index (χ1n) is 9.69. The van der Waals surface area contributed by atoms with Crippen LogP contribution in [-0.4, -0.2) is 38.2 Å². The minimum Gasteiger partial charge on any atom is -0.494 e. The van der Waals surface area contributed by atoms with Gasteiger partial charge in [-0.05, 0) is 68.3 Å². The molecule has 0 unspecified atom stereocenters. The number of carbonyl (C=O) groups is 2. The van der Waals surface area contributed by atoms with E-state index in [1.807, 2.05) is 45.0 Å². The fraction of sp³-hybridized carbons (Fsp3) is 0.348. The number of amides is 1. The van der Waals surface area contributed by atoms with Crippen LogP contribution in [0.1, 0.15) is 24.5 Å². The Morgan fingerprint density at radius 3 is 2.13 bits per heavy atom. The van der Waals surface area contributed by atoms with Crippen molar-refractivity contribution in [1.82, 2.24) is 0 Å². The lowest BCUT2D eigenvalue weighted by Gasteiger charge is -2.22. The van der Waals surface area contributed by atoms with Crippen LogP contribution in [0.4, 0.5) is 5.69 Å². The second-order valence-corrected chi connectivity index (χ2v) is 6.65. The summed E-state index contributed by atoms with van der Waals surface area (Å²) in [5.74, 6) is 0.150. The average Bonchev–Trinajstić information content (AvgIpc) is 2.71. The first-order valence-corrected chi connectivity index (χ1v) is 9.69. The van der Waals surface area contributed by atoms with E-state index in [9.17, 15) is 9.59 Å². The van der Waals surface area contributed by atoms with E-state index >= 15 is 0 Å². The van der Waals surface area contributed by atoms with Crippen molar-refractivity contribution in [1.29, 1.82) is 5.26 Å². The molecule has 2 rings (SSSR count). The van der Waals surface area contributed by atoms with E-state index in [0.717, 1.165) is 11.1 Å². The molecule has 2 aromatic rings. The van der Waals surface area contributed by atoms with Crippen LogP contribution in [0.2, 0.25) is 0 Å². The lowest BCUT2D eigenvalue weighted by atomic mass is 10.1. The summed E-state index contributed by atoms with van der Waals surface area (Å²) in [5.41, 5.74) is 2.68. The number of nitriles is 1. The van der Waals surface area contributed by atoms with Crippen LogP contribution in [0.25, 0.3) is 0 Å². The molecule has 30 heavy (non-hydrogen) atoms. The molecule has 0 aromatic heterocycles. The Morgan fingerprint density at radius 2 is 1.57 bits per heavy atom. The summed E-state index contributed by atoms with van der Waals surface area (Å²) in [4.78, 5) is 26.1. The van der Waals surface area contributed by atoms with Crippen molar-refractivity contribution < 1.29 is 23.8 Å². The van der Waals surface area contributed by atoms with Crippen molar-refractivity contribution in [3.05, 3.63) is 53.6 Å². The minimum atomic E-state index is -0.655. The van der Waals surface area contributed by atoms with Gasteiger partial charge in [0.15, 0.2) is 13.2 Å². The van der Waals surface area contributed by atoms with E-state index < -0.39 is 18.5 Å². The molecule has 0 aliphatic rings. The molecule has 2 aromatic carbocycles. The number of hydrogen-bond donors (Lipinski definition) is 0. The highest BCUT2D eigenvalue weighted by molar-refractivity contribution is 5.95. The Morgan fingerprint density at radius 1 is 0.967 bits per heavy atom. The first kappa shape index (κ1) is 22.8. The number of anilines is 1. The molecule has 0 heterocycles. The largest absolute Gasteiger partial charge is 0.494 e. The van der Waals surface area contributed by atoms with Gasteiger partial charge in [0, 0.05) is 12.2 Å². The second-order valence-electron chi connectivity index (χ2n) is 6.65. The maximum absolute atomic E-state index is 12.6. The molecule has 0 fully saturated rings. The molecule has 0 aliphatic heterocycles. The molecule has 158 valence electrons. The van der Waals surface area contributed by atoms with E-state index in [0.29, 0.717) is 23.8 Å². The monoisotopic (exact) mass is 410 g/mol. The van der Waals surface area contributed by atoms with Gasteiger partial charge < -0.3 is 19.1 Å². The van der Waals surface area contributed by atoms with E-state index in [4.69, 9.17) is 19.5 Å². The fourth-order valence-electron chi connectivity index (χ4n) is 2.87. The van der Waals surface area contributed by atoms with Crippen molar-refractivity contribution in [2.45, 2.75) is 27.2 Å². The molecule has 0 radical (unpaired) electrons. The van der Waals surface area contributed by atoms with E-state index in [1.54, 1.807) is 24.3 Å². The Balaban J connectivity index is 1.90. The van der Waals surface area contributed by atoms with Gasteiger partial charge in [-0.3, -0.25) is 4.79 Å². The zero-order valence-corrected chi connectivity index (χ0v) is 17.5. The molecule has 0 atom stereocenters. The van der Waals surface area contributed by atoms with Crippen molar-refractivity contribution in [2.24, 2.45) is 0 Å². The van der Waals surface area contributed by atoms with Crippen LogP contribution in [0, 0.1) is 25.2 Å². The highest BCUT2D eigenvalue weighted by atomic mass is 16.6. The predicted octanol–water partition coefficient (Wildman–Crippen LogP) is 3.57.